The molecule has 0 saturated carbocycles. The fourth-order valence-electron chi connectivity index (χ4n) is 2.29. The molecule has 0 spiro atoms. The number of carbonyl (C=O) groups is 1. The average Bonchev–Trinajstić information content (AvgIpc) is 2.68. The maximum absolute atomic E-state index is 10.8. The molecule has 0 unspecified atom stereocenters. The fourth-order valence-corrected chi connectivity index (χ4v) is 2.29. The van der Waals surface area contributed by atoms with Gasteiger partial charge in [0.2, 0.25) is 0 Å². The predicted octanol–water partition coefficient (Wildman–Crippen LogP) is 2.14. The number of H-pyrrole nitrogens is 1. The van der Waals surface area contributed by atoms with E-state index in [9.17, 15) is 4.79 Å². The molecule has 2 heterocycles. The molecule has 1 aliphatic rings. The van der Waals surface area contributed by atoms with Crippen LogP contribution in [0.1, 0.15) is 34.6 Å². The molecular weight excluding hydrogens is 204 g/mol. The maximum atomic E-state index is 10.8. The average molecular weight is 216 g/mol. The highest BCUT2D eigenvalue weighted by Crippen LogP contribution is 2.24. The van der Waals surface area contributed by atoms with Crippen LogP contribution >= 0.6 is 0 Å². The Bertz CT molecular complexity index is 529. The summed E-state index contributed by atoms with van der Waals surface area (Å²) < 4.78 is 0. The second-order valence-electron chi connectivity index (χ2n) is 4.22. The predicted molar refractivity (Wildman–Crippen MR) is 59.7 cm³/mol. The lowest BCUT2D eigenvalue weighted by atomic mass is 9.96. The molecule has 0 atom stereocenters. The highest BCUT2D eigenvalue weighted by Gasteiger charge is 2.14. The van der Waals surface area contributed by atoms with Gasteiger partial charge in [-0.3, -0.25) is 4.98 Å². The zero-order valence-electron chi connectivity index (χ0n) is 8.79. The Kier molecular flexibility index (Phi) is 1.96. The van der Waals surface area contributed by atoms with Gasteiger partial charge in [-0.2, -0.15) is 0 Å². The number of aryl methyl sites for hydroxylation is 2. The molecule has 4 heteroatoms. The summed E-state index contributed by atoms with van der Waals surface area (Å²) in [7, 11) is 0. The standard InChI is InChI=1S/C12H12N2O2/c15-12(16)11-6-10-9(14-11)5-7-3-1-2-4-8(7)13-10/h5-6,14H,1-4H2,(H,15,16). The summed E-state index contributed by atoms with van der Waals surface area (Å²) in [4.78, 5) is 18.2. The largest absolute Gasteiger partial charge is 0.477 e. The quantitative estimate of drug-likeness (QED) is 0.767. The molecule has 0 fully saturated rings. The number of fused-ring (bicyclic) bond motifs is 2. The van der Waals surface area contributed by atoms with Crippen molar-refractivity contribution in [2.45, 2.75) is 25.7 Å². The van der Waals surface area contributed by atoms with E-state index < -0.39 is 5.97 Å². The third-order valence-electron chi connectivity index (χ3n) is 3.11. The van der Waals surface area contributed by atoms with Crippen molar-refractivity contribution in [2.75, 3.05) is 0 Å². The second kappa shape index (κ2) is 3.33. The summed E-state index contributed by atoms with van der Waals surface area (Å²) in [5.74, 6) is -0.934. The Hall–Kier alpha value is -1.84. The van der Waals surface area contributed by atoms with Gasteiger partial charge in [0.25, 0.3) is 0 Å². The molecule has 2 aromatic heterocycles. The molecule has 4 nitrogen and oxygen atoms in total. The number of rotatable bonds is 1. The van der Waals surface area contributed by atoms with Gasteiger partial charge in [0.1, 0.15) is 5.69 Å². The number of aromatic nitrogens is 2. The maximum Gasteiger partial charge on any atom is 0.352 e. The number of nitrogens with one attached hydrogen (secondary N) is 1. The lowest BCUT2D eigenvalue weighted by Crippen LogP contribution is -2.04. The van der Waals surface area contributed by atoms with E-state index in [2.05, 4.69) is 9.97 Å². The Morgan fingerprint density at radius 1 is 1.31 bits per heavy atom. The summed E-state index contributed by atoms with van der Waals surface area (Å²) in [6.07, 6.45) is 4.45. The number of aromatic amines is 1. The van der Waals surface area contributed by atoms with E-state index in [1.54, 1.807) is 6.07 Å². The smallest absolute Gasteiger partial charge is 0.352 e. The first kappa shape index (κ1) is 9.39. The normalized spacial score (nSPS) is 15.0. The van der Waals surface area contributed by atoms with Gasteiger partial charge >= 0.3 is 5.97 Å². The molecule has 0 aromatic carbocycles. The third-order valence-corrected chi connectivity index (χ3v) is 3.11. The van der Waals surface area contributed by atoms with Gasteiger partial charge in [-0.05, 0) is 43.4 Å². The van der Waals surface area contributed by atoms with Crippen LogP contribution < -0.4 is 0 Å². The SMILES string of the molecule is O=C(O)c1cc2nc3c(cc2[nH]1)CCCC3. The molecule has 3 rings (SSSR count). The minimum absolute atomic E-state index is 0.213. The second-order valence-corrected chi connectivity index (χ2v) is 4.22. The number of pyridine rings is 1. The van der Waals surface area contributed by atoms with Crippen LogP contribution in [0.3, 0.4) is 0 Å². The van der Waals surface area contributed by atoms with Crippen LogP contribution in [-0.4, -0.2) is 21.0 Å². The number of carboxylic acid groups (broad SMARTS) is 1. The lowest BCUT2D eigenvalue weighted by molar-refractivity contribution is 0.0691. The number of carboxylic acids is 1. The van der Waals surface area contributed by atoms with Crippen molar-refractivity contribution in [1.82, 2.24) is 9.97 Å². The van der Waals surface area contributed by atoms with E-state index in [4.69, 9.17) is 5.11 Å². The van der Waals surface area contributed by atoms with Crippen LogP contribution in [0.25, 0.3) is 11.0 Å². The van der Waals surface area contributed by atoms with Crippen molar-refractivity contribution in [3.63, 3.8) is 0 Å². The van der Waals surface area contributed by atoms with E-state index >= 15 is 0 Å². The van der Waals surface area contributed by atoms with Crippen LogP contribution in [0.4, 0.5) is 0 Å². The van der Waals surface area contributed by atoms with Gasteiger partial charge in [0, 0.05) is 5.69 Å². The molecule has 2 N–H and O–H groups in total. The third kappa shape index (κ3) is 1.38. The minimum Gasteiger partial charge on any atom is -0.477 e. The number of hydrogen-bond donors (Lipinski definition) is 2. The molecule has 82 valence electrons. The summed E-state index contributed by atoms with van der Waals surface area (Å²) >= 11 is 0. The van der Waals surface area contributed by atoms with Crippen molar-refractivity contribution in [1.29, 1.82) is 0 Å². The number of hydrogen-bond acceptors (Lipinski definition) is 2. The van der Waals surface area contributed by atoms with Crippen molar-refractivity contribution in [3.05, 3.63) is 29.1 Å². The molecule has 0 saturated heterocycles. The van der Waals surface area contributed by atoms with Gasteiger partial charge in [-0.1, -0.05) is 0 Å². The zero-order valence-corrected chi connectivity index (χ0v) is 8.79. The zero-order chi connectivity index (χ0) is 11.1. The molecule has 0 radical (unpaired) electrons. The van der Waals surface area contributed by atoms with Crippen LogP contribution in [0, 0.1) is 0 Å². The molecule has 0 bridgehead atoms. The molecule has 0 aliphatic heterocycles. The molecule has 16 heavy (non-hydrogen) atoms. The molecular formula is C12H12N2O2. The summed E-state index contributed by atoms with van der Waals surface area (Å²) in [5, 5.41) is 8.89. The lowest BCUT2D eigenvalue weighted by Gasteiger charge is -2.13. The van der Waals surface area contributed by atoms with Gasteiger partial charge < -0.3 is 10.1 Å². The summed E-state index contributed by atoms with van der Waals surface area (Å²) in [6.45, 7) is 0. The van der Waals surface area contributed by atoms with Gasteiger partial charge in [-0.25, -0.2) is 4.79 Å². The van der Waals surface area contributed by atoms with Crippen LogP contribution in [0.5, 0.6) is 0 Å². The van der Waals surface area contributed by atoms with E-state index in [0.717, 1.165) is 29.6 Å². The van der Waals surface area contributed by atoms with Crippen molar-refractivity contribution in [2.24, 2.45) is 0 Å². The summed E-state index contributed by atoms with van der Waals surface area (Å²) in [5.41, 5.74) is 4.20. The Balaban J connectivity index is 2.20. The number of aromatic carboxylic acids is 1. The van der Waals surface area contributed by atoms with Gasteiger partial charge in [0.15, 0.2) is 0 Å². The van der Waals surface area contributed by atoms with Gasteiger partial charge in [0.05, 0.1) is 11.0 Å². The summed E-state index contributed by atoms with van der Waals surface area (Å²) in [6, 6.07) is 3.65. The van der Waals surface area contributed by atoms with Crippen molar-refractivity contribution in [3.8, 4) is 0 Å². The van der Waals surface area contributed by atoms with E-state index in [1.807, 2.05) is 6.07 Å². The molecule has 0 amide bonds. The molecule has 1 aliphatic carbocycles. The Morgan fingerprint density at radius 3 is 2.94 bits per heavy atom. The highest BCUT2D eigenvalue weighted by molar-refractivity contribution is 5.92. The monoisotopic (exact) mass is 216 g/mol. The van der Waals surface area contributed by atoms with E-state index in [1.165, 1.54) is 18.4 Å². The first-order valence-corrected chi connectivity index (χ1v) is 5.49. The van der Waals surface area contributed by atoms with Gasteiger partial charge in [-0.15, -0.1) is 0 Å². The van der Waals surface area contributed by atoms with E-state index in [0.29, 0.717) is 0 Å². The minimum atomic E-state index is -0.934. The van der Waals surface area contributed by atoms with Crippen LogP contribution in [0.15, 0.2) is 12.1 Å². The highest BCUT2D eigenvalue weighted by atomic mass is 16.4. The Labute approximate surface area is 92.3 Å². The topological polar surface area (TPSA) is 66.0 Å². The van der Waals surface area contributed by atoms with Crippen LogP contribution in [0.2, 0.25) is 0 Å². The van der Waals surface area contributed by atoms with Crippen molar-refractivity contribution >= 4 is 17.0 Å². The van der Waals surface area contributed by atoms with Crippen molar-refractivity contribution < 1.29 is 9.90 Å². The van der Waals surface area contributed by atoms with Crippen LogP contribution in [-0.2, 0) is 12.8 Å². The fraction of sp³-hybridized carbons (Fsp3) is 0.333. The number of nitrogens with zero attached hydrogens (tertiary/aromatic N) is 1. The Morgan fingerprint density at radius 2 is 2.12 bits per heavy atom. The first-order chi connectivity index (χ1) is 7.74. The van der Waals surface area contributed by atoms with E-state index in [-0.39, 0.29) is 5.69 Å². The first-order valence-electron chi connectivity index (χ1n) is 5.49. The molecule has 2 aromatic rings.